The van der Waals surface area contributed by atoms with Gasteiger partial charge in [-0.2, -0.15) is 0 Å². The molecule has 0 amide bonds. The third-order valence-electron chi connectivity index (χ3n) is 7.08. The van der Waals surface area contributed by atoms with Crippen LogP contribution >= 0.6 is 0 Å². The first kappa shape index (κ1) is 19.5. The number of nitrogens with zero attached hydrogens (tertiary/aromatic N) is 6. The Bertz CT molecular complexity index is 1230. The van der Waals surface area contributed by atoms with Gasteiger partial charge in [-0.3, -0.25) is 9.55 Å². The van der Waals surface area contributed by atoms with Crippen LogP contribution in [0, 0.1) is 6.92 Å². The van der Waals surface area contributed by atoms with Crippen LogP contribution < -0.4 is 4.90 Å². The van der Waals surface area contributed by atoms with Crippen LogP contribution in [0.3, 0.4) is 0 Å². The Morgan fingerprint density at radius 2 is 1.84 bits per heavy atom. The van der Waals surface area contributed by atoms with Crippen molar-refractivity contribution in [2.24, 2.45) is 0 Å². The maximum Gasteiger partial charge on any atom is 0.157 e. The van der Waals surface area contributed by atoms with Crippen molar-refractivity contribution in [3.63, 3.8) is 0 Å². The van der Waals surface area contributed by atoms with Gasteiger partial charge < -0.3 is 14.8 Å². The summed E-state index contributed by atoms with van der Waals surface area (Å²) in [5.41, 5.74) is 6.18. The number of hydrogen-bond acceptors (Lipinski definition) is 5. The number of rotatable bonds is 5. The van der Waals surface area contributed by atoms with Crippen LogP contribution in [-0.4, -0.2) is 55.8 Å². The minimum atomic E-state index is 0.610. The summed E-state index contributed by atoms with van der Waals surface area (Å²) in [6.07, 6.45) is 7.64. The number of hydrogen-bond donors (Lipinski definition) is 1. The first-order valence-electron chi connectivity index (χ1n) is 11.7. The fourth-order valence-corrected chi connectivity index (χ4v) is 5.44. The lowest BCUT2D eigenvalue weighted by Gasteiger charge is -2.34. The van der Waals surface area contributed by atoms with E-state index in [1.165, 1.54) is 29.8 Å². The van der Waals surface area contributed by atoms with Gasteiger partial charge in [0.25, 0.3) is 0 Å². The second-order valence-corrected chi connectivity index (χ2v) is 9.02. The largest absolute Gasteiger partial charge is 0.362 e. The number of fused-ring (bicyclic) bond motifs is 4. The number of piperidine rings is 1. The number of anilines is 1. The molecule has 0 spiro atoms. The first-order chi connectivity index (χ1) is 15.8. The smallest absolute Gasteiger partial charge is 0.157 e. The van der Waals surface area contributed by atoms with E-state index in [0.29, 0.717) is 5.92 Å². The van der Waals surface area contributed by atoms with Gasteiger partial charge in [0, 0.05) is 18.9 Å². The van der Waals surface area contributed by atoms with Crippen molar-refractivity contribution in [1.82, 2.24) is 29.6 Å². The highest BCUT2D eigenvalue weighted by Crippen LogP contribution is 2.33. The number of likely N-dealkylation sites (tertiary alicyclic amines) is 1. The van der Waals surface area contributed by atoms with E-state index in [1.807, 2.05) is 19.2 Å². The average Bonchev–Trinajstić information content (AvgIpc) is 3.43. The van der Waals surface area contributed by atoms with Gasteiger partial charge in [0.15, 0.2) is 5.82 Å². The number of pyridine rings is 1. The minimum absolute atomic E-state index is 0.610. The molecular formula is C25H29N7. The molecule has 0 unspecified atom stereocenters. The molecule has 3 aromatic heterocycles. The molecule has 5 heterocycles. The summed E-state index contributed by atoms with van der Waals surface area (Å²) in [5.74, 6) is 2.60. The molecule has 32 heavy (non-hydrogen) atoms. The Balaban J connectivity index is 1.06. The first-order valence-corrected chi connectivity index (χ1v) is 11.7. The summed E-state index contributed by atoms with van der Waals surface area (Å²) in [6.45, 7) is 7.35. The van der Waals surface area contributed by atoms with Crippen molar-refractivity contribution in [1.29, 1.82) is 0 Å². The molecule has 1 fully saturated rings. The Morgan fingerprint density at radius 1 is 1.00 bits per heavy atom. The van der Waals surface area contributed by atoms with E-state index in [1.54, 1.807) is 0 Å². The van der Waals surface area contributed by atoms with Gasteiger partial charge in [0.05, 0.1) is 29.0 Å². The predicted octanol–water partition coefficient (Wildman–Crippen LogP) is 4.04. The molecule has 0 saturated carbocycles. The number of nitrogens with one attached hydrogen (secondary N) is 1. The normalized spacial score (nSPS) is 17.0. The van der Waals surface area contributed by atoms with E-state index in [2.05, 4.69) is 71.1 Å². The van der Waals surface area contributed by atoms with Crippen LogP contribution in [-0.2, 0) is 6.54 Å². The molecule has 0 radical (unpaired) electrons. The maximum atomic E-state index is 4.61. The average molecular weight is 428 g/mol. The van der Waals surface area contributed by atoms with Gasteiger partial charge in [-0.15, -0.1) is 10.2 Å². The summed E-state index contributed by atoms with van der Waals surface area (Å²) in [4.78, 5) is 13.1. The molecule has 0 bridgehead atoms. The molecular weight excluding hydrogens is 398 g/mol. The monoisotopic (exact) mass is 427 g/mol. The molecule has 7 heteroatoms. The van der Waals surface area contributed by atoms with Crippen LogP contribution in [0.1, 0.15) is 42.4 Å². The fourth-order valence-electron chi connectivity index (χ4n) is 5.44. The Labute approximate surface area is 188 Å². The summed E-state index contributed by atoms with van der Waals surface area (Å²) < 4.78 is 2.19. The molecule has 2 aliphatic rings. The molecule has 4 aromatic rings. The van der Waals surface area contributed by atoms with Gasteiger partial charge in [-0.1, -0.05) is 12.1 Å². The molecule has 1 aromatic carbocycles. The molecule has 7 nitrogen and oxygen atoms in total. The highest BCUT2D eigenvalue weighted by molar-refractivity contribution is 5.79. The van der Waals surface area contributed by atoms with Crippen molar-refractivity contribution < 1.29 is 0 Å². The van der Waals surface area contributed by atoms with Crippen molar-refractivity contribution in [3.05, 3.63) is 66.0 Å². The molecule has 1 saturated heterocycles. The van der Waals surface area contributed by atoms with Crippen molar-refractivity contribution >= 4 is 16.7 Å². The Hall–Kier alpha value is -3.19. The highest BCUT2D eigenvalue weighted by Gasteiger charge is 2.26. The Kier molecular flexibility index (Phi) is 4.91. The summed E-state index contributed by atoms with van der Waals surface area (Å²) >= 11 is 0. The topological polar surface area (TPSA) is 65.9 Å². The number of aromatic amines is 1. The maximum absolute atomic E-state index is 4.61. The number of H-pyrrole nitrogens is 1. The van der Waals surface area contributed by atoms with E-state index in [9.17, 15) is 0 Å². The SMILES string of the molecule is Cc1nnc2n1-c1ccccc1N(CCCN1CCC(c3c[nH]c4cccnc34)CC1)C2. The number of benzene rings is 1. The van der Waals surface area contributed by atoms with E-state index in [0.717, 1.165) is 61.8 Å². The second kappa shape index (κ2) is 8.06. The zero-order valence-corrected chi connectivity index (χ0v) is 18.5. The standard InChI is InChI=1S/C25H29N7/c1-18-28-29-24-17-31(22-7-2-3-8-23(22)32(18)24)13-5-12-30-14-9-19(10-15-30)20-16-27-21-6-4-11-26-25(20)21/h2-4,6-8,11,16,19,27H,5,9-10,12-15,17H2,1H3. The van der Waals surface area contributed by atoms with Crippen molar-refractivity contribution in [3.8, 4) is 5.69 Å². The van der Waals surface area contributed by atoms with Gasteiger partial charge in [0.1, 0.15) is 5.82 Å². The summed E-state index contributed by atoms with van der Waals surface area (Å²) in [5, 5.41) is 8.71. The van der Waals surface area contributed by atoms with Crippen molar-refractivity contribution in [2.45, 2.75) is 38.6 Å². The molecule has 0 atom stereocenters. The lowest BCUT2D eigenvalue weighted by molar-refractivity contribution is 0.211. The summed E-state index contributed by atoms with van der Waals surface area (Å²) in [7, 11) is 0. The number of para-hydroxylation sites is 2. The van der Waals surface area contributed by atoms with Gasteiger partial charge >= 0.3 is 0 Å². The van der Waals surface area contributed by atoms with Crippen LogP contribution in [0.5, 0.6) is 0 Å². The second-order valence-electron chi connectivity index (χ2n) is 9.02. The zero-order chi connectivity index (χ0) is 21.5. The van der Waals surface area contributed by atoms with Crippen LogP contribution in [0.2, 0.25) is 0 Å². The third kappa shape index (κ3) is 3.37. The van der Waals surface area contributed by atoms with Crippen molar-refractivity contribution in [2.75, 3.05) is 31.1 Å². The number of aryl methyl sites for hydroxylation is 1. The van der Waals surface area contributed by atoms with E-state index >= 15 is 0 Å². The molecule has 6 rings (SSSR count). The van der Waals surface area contributed by atoms with Gasteiger partial charge in [-0.05, 0) is 81.6 Å². The predicted molar refractivity (Wildman–Crippen MR) is 126 cm³/mol. The van der Waals surface area contributed by atoms with Crippen LogP contribution in [0.25, 0.3) is 16.7 Å². The summed E-state index contributed by atoms with van der Waals surface area (Å²) in [6, 6.07) is 12.7. The Morgan fingerprint density at radius 3 is 2.72 bits per heavy atom. The van der Waals surface area contributed by atoms with Crippen LogP contribution in [0.15, 0.2) is 48.8 Å². The third-order valence-corrected chi connectivity index (χ3v) is 7.08. The van der Waals surface area contributed by atoms with Crippen LogP contribution in [0.4, 0.5) is 5.69 Å². The number of aromatic nitrogens is 5. The molecule has 164 valence electrons. The van der Waals surface area contributed by atoms with E-state index in [4.69, 9.17) is 0 Å². The molecule has 1 N–H and O–H groups in total. The highest BCUT2D eigenvalue weighted by atomic mass is 15.3. The fraction of sp³-hybridized carbons (Fsp3) is 0.400. The molecule has 0 aliphatic carbocycles. The molecule has 2 aliphatic heterocycles. The zero-order valence-electron chi connectivity index (χ0n) is 18.5. The van der Waals surface area contributed by atoms with Gasteiger partial charge in [0.2, 0.25) is 0 Å². The quantitative estimate of drug-likeness (QED) is 0.521. The van der Waals surface area contributed by atoms with Gasteiger partial charge in [-0.25, -0.2) is 0 Å². The van der Waals surface area contributed by atoms with E-state index in [-0.39, 0.29) is 0 Å². The van der Waals surface area contributed by atoms with E-state index < -0.39 is 0 Å². The lowest BCUT2D eigenvalue weighted by Crippen LogP contribution is -2.36. The minimum Gasteiger partial charge on any atom is -0.362 e. The lowest BCUT2D eigenvalue weighted by atomic mass is 9.90.